The van der Waals surface area contributed by atoms with Crippen LogP contribution >= 0.6 is 7.82 Å². The predicted molar refractivity (Wildman–Crippen MR) is 175 cm³/mol. The Bertz CT molecular complexity index is 799. The lowest BCUT2D eigenvalue weighted by atomic mass is 10.1. The van der Waals surface area contributed by atoms with Crippen LogP contribution in [0.5, 0.6) is 0 Å². The van der Waals surface area contributed by atoms with E-state index in [1.54, 1.807) is 6.08 Å². The van der Waals surface area contributed by atoms with Crippen LogP contribution in [-0.2, 0) is 18.4 Å². The van der Waals surface area contributed by atoms with E-state index in [1.807, 2.05) is 6.08 Å². The fourth-order valence-electron chi connectivity index (χ4n) is 4.20. The Labute approximate surface area is 256 Å². The fraction of sp³-hybridized carbons (Fsp3) is 0.727. The summed E-state index contributed by atoms with van der Waals surface area (Å²) in [6.07, 6.45) is 33.0. The molecule has 0 bridgehead atoms. The van der Waals surface area contributed by atoms with Crippen LogP contribution in [-0.4, -0.2) is 47.8 Å². The van der Waals surface area contributed by atoms with Crippen molar-refractivity contribution in [2.24, 2.45) is 5.73 Å². The second kappa shape index (κ2) is 29.5. The van der Waals surface area contributed by atoms with Gasteiger partial charge in [0.15, 0.2) is 0 Å². The molecule has 0 aliphatic carbocycles. The number of amides is 1. The molecule has 0 rings (SSSR count). The zero-order valence-corrected chi connectivity index (χ0v) is 27.4. The number of rotatable bonds is 29. The second-order valence-electron chi connectivity index (χ2n) is 10.6. The second-order valence-corrected chi connectivity index (χ2v) is 12.1. The molecule has 0 saturated carbocycles. The van der Waals surface area contributed by atoms with E-state index in [4.69, 9.17) is 14.8 Å². The Morgan fingerprint density at radius 1 is 0.810 bits per heavy atom. The Morgan fingerprint density at radius 3 is 2.02 bits per heavy atom. The highest BCUT2D eigenvalue weighted by molar-refractivity contribution is 7.47. The molecule has 0 spiro atoms. The van der Waals surface area contributed by atoms with Crippen molar-refractivity contribution < 1.29 is 28.4 Å². The van der Waals surface area contributed by atoms with Gasteiger partial charge in [0.2, 0.25) is 5.91 Å². The van der Waals surface area contributed by atoms with Gasteiger partial charge in [0, 0.05) is 13.0 Å². The van der Waals surface area contributed by atoms with Gasteiger partial charge in [-0.25, -0.2) is 4.57 Å². The van der Waals surface area contributed by atoms with Gasteiger partial charge in [-0.1, -0.05) is 114 Å². The van der Waals surface area contributed by atoms with Crippen molar-refractivity contribution in [2.45, 2.75) is 135 Å². The minimum atomic E-state index is -4.33. The summed E-state index contributed by atoms with van der Waals surface area (Å²) >= 11 is 0. The number of aliphatic hydroxyl groups excluding tert-OH is 1. The largest absolute Gasteiger partial charge is 0.472 e. The topological polar surface area (TPSA) is 131 Å². The Morgan fingerprint density at radius 2 is 1.38 bits per heavy atom. The molecule has 0 fully saturated rings. The molecule has 0 saturated heterocycles. The third-order valence-corrected chi connectivity index (χ3v) is 7.64. The predicted octanol–water partition coefficient (Wildman–Crippen LogP) is 7.82. The van der Waals surface area contributed by atoms with Crippen molar-refractivity contribution >= 4 is 13.7 Å². The van der Waals surface area contributed by atoms with E-state index in [2.05, 4.69) is 55.6 Å². The molecule has 3 unspecified atom stereocenters. The summed E-state index contributed by atoms with van der Waals surface area (Å²) in [6, 6.07) is -0.872. The number of phosphoric acid groups is 1. The first kappa shape index (κ1) is 40.5. The monoisotopic (exact) mass is 612 g/mol. The third kappa shape index (κ3) is 27.3. The van der Waals surface area contributed by atoms with E-state index in [-0.39, 0.29) is 25.7 Å². The lowest BCUT2D eigenvalue weighted by Crippen LogP contribution is -2.45. The number of nitrogens with two attached hydrogens (primary N) is 1. The molecule has 0 aromatic carbocycles. The van der Waals surface area contributed by atoms with Crippen LogP contribution in [0.2, 0.25) is 0 Å². The number of aliphatic hydroxyl groups is 1. The maximum Gasteiger partial charge on any atom is 0.472 e. The lowest BCUT2D eigenvalue weighted by molar-refractivity contribution is -0.123. The van der Waals surface area contributed by atoms with Gasteiger partial charge in [0.1, 0.15) is 0 Å². The summed E-state index contributed by atoms with van der Waals surface area (Å²) in [6.45, 7) is 3.93. The number of hydrogen-bond acceptors (Lipinski definition) is 6. The first-order valence-corrected chi connectivity index (χ1v) is 17.8. The molecule has 1 amide bonds. The minimum absolute atomic E-state index is 0.0714. The summed E-state index contributed by atoms with van der Waals surface area (Å²) in [5.41, 5.74) is 5.33. The van der Waals surface area contributed by atoms with Gasteiger partial charge in [-0.15, -0.1) is 0 Å². The normalized spacial score (nSPS) is 15.3. The van der Waals surface area contributed by atoms with Crippen molar-refractivity contribution in [3.05, 3.63) is 48.6 Å². The summed E-state index contributed by atoms with van der Waals surface area (Å²) in [5, 5.41) is 13.5. The van der Waals surface area contributed by atoms with Crippen molar-refractivity contribution in [1.82, 2.24) is 5.32 Å². The van der Waals surface area contributed by atoms with Crippen LogP contribution in [0, 0.1) is 0 Å². The van der Waals surface area contributed by atoms with E-state index in [1.165, 1.54) is 38.5 Å². The quantitative estimate of drug-likeness (QED) is 0.0385. The maximum absolute atomic E-state index is 12.6. The van der Waals surface area contributed by atoms with E-state index in [0.29, 0.717) is 6.42 Å². The molecular weight excluding hydrogens is 551 g/mol. The number of unbranched alkanes of at least 4 members (excludes halogenated alkanes) is 11. The molecule has 0 radical (unpaired) electrons. The zero-order valence-electron chi connectivity index (χ0n) is 26.5. The Hall–Kier alpha value is -1.54. The molecule has 3 atom stereocenters. The number of carbonyl (C=O) groups excluding carboxylic acids is 1. The molecule has 42 heavy (non-hydrogen) atoms. The average Bonchev–Trinajstić information content (AvgIpc) is 2.97. The van der Waals surface area contributed by atoms with Gasteiger partial charge in [-0.2, -0.15) is 0 Å². The van der Waals surface area contributed by atoms with Crippen LogP contribution in [0.1, 0.15) is 123 Å². The van der Waals surface area contributed by atoms with Gasteiger partial charge in [-0.3, -0.25) is 13.8 Å². The highest BCUT2D eigenvalue weighted by Crippen LogP contribution is 2.43. The van der Waals surface area contributed by atoms with Gasteiger partial charge in [0.05, 0.1) is 25.4 Å². The molecule has 0 aromatic heterocycles. The fourth-order valence-corrected chi connectivity index (χ4v) is 4.96. The summed E-state index contributed by atoms with van der Waals surface area (Å²) in [4.78, 5) is 22.4. The number of hydrogen-bond donors (Lipinski definition) is 4. The molecule has 0 aromatic rings. The number of allylic oxidation sites excluding steroid dienone is 7. The van der Waals surface area contributed by atoms with Gasteiger partial charge >= 0.3 is 7.82 Å². The summed E-state index contributed by atoms with van der Waals surface area (Å²) in [7, 11) is -4.33. The van der Waals surface area contributed by atoms with Crippen LogP contribution in [0.25, 0.3) is 0 Å². The van der Waals surface area contributed by atoms with Gasteiger partial charge in [0.25, 0.3) is 0 Å². The van der Waals surface area contributed by atoms with E-state index >= 15 is 0 Å². The Balaban J connectivity index is 4.49. The summed E-state index contributed by atoms with van der Waals surface area (Å²) in [5.74, 6) is -0.229. The number of phosphoric ester groups is 1. The van der Waals surface area contributed by atoms with E-state index < -0.39 is 20.0 Å². The standard InChI is InChI=1S/C33H61N2O6P/c1-3-5-7-9-11-13-15-16-17-19-21-23-25-27-33(37)35-31(30-41-42(38,39)40-29-28-34)32(36)26-24-22-20-18-14-12-10-8-6-4-2/h5,7,11,13,16-17,24,26,31-32,36H,3-4,6,8-10,12,14-15,18-23,25,27-30,34H2,1-2H3,(H,35,37)(H,38,39)/b7-5-,13-11-,17-16-,26-24+. The molecule has 0 heterocycles. The third-order valence-electron chi connectivity index (χ3n) is 6.66. The van der Waals surface area contributed by atoms with E-state index in [0.717, 1.165) is 64.2 Å². The highest BCUT2D eigenvalue weighted by Gasteiger charge is 2.26. The van der Waals surface area contributed by atoms with Crippen molar-refractivity contribution in [1.29, 1.82) is 0 Å². The van der Waals surface area contributed by atoms with Gasteiger partial charge in [-0.05, 0) is 51.4 Å². The lowest BCUT2D eigenvalue weighted by Gasteiger charge is -2.23. The maximum atomic E-state index is 12.6. The first-order valence-electron chi connectivity index (χ1n) is 16.3. The Kier molecular flexibility index (Phi) is 28.4. The first-order chi connectivity index (χ1) is 20.4. The molecule has 244 valence electrons. The average molecular weight is 613 g/mol. The van der Waals surface area contributed by atoms with Crippen LogP contribution in [0.15, 0.2) is 48.6 Å². The molecule has 0 aliphatic rings. The number of carbonyl (C=O) groups is 1. The minimum Gasteiger partial charge on any atom is -0.387 e. The SMILES string of the molecule is CC/C=C\C/C=C\C/C=C\CCCCCC(=O)NC(COP(=O)(O)OCCN)C(O)/C=C/CCCCCCCCCC. The van der Waals surface area contributed by atoms with Crippen LogP contribution in [0.3, 0.4) is 0 Å². The smallest absolute Gasteiger partial charge is 0.387 e. The van der Waals surface area contributed by atoms with Crippen molar-refractivity contribution in [2.75, 3.05) is 19.8 Å². The van der Waals surface area contributed by atoms with Gasteiger partial charge < -0.3 is 21.1 Å². The summed E-state index contributed by atoms with van der Waals surface area (Å²) < 4.78 is 21.9. The number of nitrogens with one attached hydrogen (secondary N) is 1. The molecular formula is C33H61N2O6P. The highest BCUT2D eigenvalue weighted by atomic mass is 31.2. The zero-order chi connectivity index (χ0) is 31.2. The van der Waals surface area contributed by atoms with Crippen LogP contribution < -0.4 is 11.1 Å². The van der Waals surface area contributed by atoms with Crippen molar-refractivity contribution in [3.8, 4) is 0 Å². The molecule has 9 heteroatoms. The van der Waals surface area contributed by atoms with Crippen LogP contribution in [0.4, 0.5) is 0 Å². The molecule has 5 N–H and O–H groups in total. The molecule has 8 nitrogen and oxygen atoms in total. The molecule has 0 aliphatic heterocycles. The van der Waals surface area contributed by atoms with E-state index in [9.17, 15) is 19.4 Å². The van der Waals surface area contributed by atoms with Crippen molar-refractivity contribution in [3.63, 3.8) is 0 Å².